The predicted molar refractivity (Wildman–Crippen MR) is 41.1 cm³/mol. The normalized spacial score (nSPS) is 10.2. The van der Waals surface area contributed by atoms with Crippen LogP contribution in [0.25, 0.3) is 0 Å². The number of carbonyl (C=O) groups excluding carboxylic acids is 1. The van der Waals surface area contributed by atoms with Crippen LogP contribution in [0, 0.1) is 0 Å². The van der Waals surface area contributed by atoms with Gasteiger partial charge in [-0.3, -0.25) is 4.79 Å². The maximum absolute atomic E-state index is 10.6. The number of rotatable bonds is 4. The lowest BCUT2D eigenvalue weighted by Gasteiger charge is -1.95. The third kappa shape index (κ3) is 5.63. The minimum atomic E-state index is -0.205. The average Bonchev–Trinajstić information content (AvgIpc) is 1.89. The Morgan fingerprint density at radius 3 is 2.80 bits per heavy atom. The largest absolute Gasteiger partial charge is 0.466 e. The number of ether oxygens (including phenoxy) is 1. The van der Waals surface area contributed by atoms with Gasteiger partial charge in [0.25, 0.3) is 0 Å². The lowest BCUT2D eigenvalue weighted by Crippen LogP contribution is -2.01. The van der Waals surface area contributed by atoms with Crippen LogP contribution in [0.2, 0.25) is 0 Å². The van der Waals surface area contributed by atoms with Crippen molar-refractivity contribution in [3.05, 3.63) is 12.2 Å². The first kappa shape index (κ1) is 9.50. The highest BCUT2D eigenvalue weighted by Crippen LogP contribution is 1.88. The van der Waals surface area contributed by atoms with Gasteiger partial charge in [-0.25, -0.2) is 0 Å². The molecule has 0 bridgehead atoms. The molecule has 0 saturated heterocycles. The fourth-order valence-corrected chi connectivity index (χ4v) is 0.588. The Bertz CT molecular complexity index is 121. The summed E-state index contributed by atoms with van der Waals surface area (Å²) in [5, 5.41) is 0. The Hall–Kier alpha value is -0.500. The van der Waals surface area contributed by atoms with Crippen LogP contribution in [-0.4, -0.2) is 18.5 Å². The molecule has 0 radical (unpaired) electrons. The van der Waals surface area contributed by atoms with E-state index in [0.29, 0.717) is 18.9 Å². The molecule has 0 rings (SSSR count). The predicted octanol–water partition coefficient (Wildman–Crippen LogP) is 1.73. The first-order chi connectivity index (χ1) is 4.81. The molecule has 0 heterocycles. The topological polar surface area (TPSA) is 26.3 Å². The molecule has 58 valence electrons. The lowest BCUT2D eigenvalue weighted by atomic mass is 10.4. The first-order valence-electron chi connectivity index (χ1n) is 3.17. The van der Waals surface area contributed by atoms with E-state index in [1.54, 1.807) is 19.1 Å². The zero-order valence-corrected chi connectivity index (χ0v) is 6.73. The molecule has 0 aromatic heterocycles. The summed E-state index contributed by atoms with van der Waals surface area (Å²) in [6, 6.07) is 0. The van der Waals surface area contributed by atoms with Crippen molar-refractivity contribution in [3.63, 3.8) is 0 Å². The number of esters is 1. The van der Waals surface area contributed by atoms with Crippen molar-refractivity contribution in [2.75, 3.05) is 12.5 Å². The smallest absolute Gasteiger partial charge is 0.309 e. The van der Waals surface area contributed by atoms with Gasteiger partial charge in [0, 0.05) is 5.88 Å². The lowest BCUT2D eigenvalue weighted by molar-refractivity contribution is -0.142. The van der Waals surface area contributed by atoms with E-state index < -0.39 is 0 Å². The van der Waals surface area contributed by atoms with E-state index >= 15 is 0 Å². The van der Waals surface area contributed by atoms with E-state index in [9.17, 15) is 4.79 Å². The molecule has 0 atom stereocenters. The minimum absolute atomic E-state index is 0.205. The molecule has 0 aliphatic carbocycles. The van der Waals surface area contributed by atoms with E-state index in [4.69, 9.17) is 11.6 Å². The summed E-state index contributed by atoms with van der Waals surface area (Å²) in [5.41, 5.74) is 0. The van der Waals surface area contributed by atoms with Crippen molar-refractivity contribution < 1.29 is 9.53 Å². The molecule has 3 heteroatoms. The summed E-state index contributed by atoms with van der Waals surface area (Å²) in [4.78, 5) is 10.6. The maximum atomic E-state index is 10.6. The summed E-state index contributed by atoms with van der Waals surface area (Å²) < 4.78 is 4.66. The van der Waals surface area contributed by atoms with Crippen LogP contribution < -0.4 is 0 Å². The Morgan fingerprint density at radius 1 is 1.60 bits per heavy atom. The number of allylic oxidation sites excluding steroid dienone is 1. The quantitative estimate of drug-likeness (QED) is 0.358. The summed E-state index contributed by atoms with van der Waals surface area (Å²) >= 11 is 5.32. The molecule has 0 amide bonds. The molecule has 0 aromatic rings. The van der Waals surface area contributed by atoms with Crippen molar-refractivity contribution in [2.24, 2.45) is 0 Å². The Balaban J connectivity index is 3.30. The van der Waals surface area contributed by atoms with Crippen molar-refractivity contribution in [1.82, 2.24) is 0 Å². The van der Waals surface area contributed by atoms with E-state index in [1.807, 2.05) is 0 Å². The molecule has 0 unspecified atom stereocenters. The second kappa shape index (κ2) is 6.62. The van der Waals surface area contributed by atoms with E-state index in [2.05, 4.69) is 4.74 Å². The van der Waals surface area contributed by atoms with Gasteiger partial charge >= 0.3 is 5.97 Å². The minimum Gasteiger partial charge on any atom is -0.466 e. The second-order valence-electron chi connectivity index (χ2n) is 1.63. The number of alkyl halides is 1. The SMILES string of the molecule is CCOC(=O)CC=CCCl. The third-order valence-electron chi connectivity index (χ3n) is 0.846. The Morgan fingerprint density at radius 2 is 2.30 bits per heavy atom. The number of hydrogen-bond acceptors (Lipinski definition) is 2. The summed E-state index contributed by atoms with van der Waals surface area (Å²) in [6.45, 7) is 2.22. The van der Waals surface area contributed by atoms with Gasteiger partial charge in [0.1, 0.15) is 0 Å². The monoisotopic (exact) mass is 162 g/mol. The molecule has 0 aliphatic rings. The Labute approximate surface area is 65.8 Å². The molecule has 0 fully saturated rings. The van der Waals surface area contributed by atoms with Gasteiger partial charge in [-0.1, -0.05) is 12.2 Å². The average molecular weight is 163 g/mol. The van der Waals surface area contributed by atoms with Crippen molar-refractivity contribution in [3.8, 4) is 0 Å². The van der Waals surface area contributed by atoms with Gasteiger partial charge in [-0.05, 0) is 6.92 Å². The zero-order chi connectivity index (χ0) is 7.82. The molecule has 0 aliphatic heterocycles. The molecule has 0 N–H and O–H groups in total. The number of halogens is 1. The van der Waals surface area contributed by atoms with Crippen LogP contribution >= 0.6 is 11.6 Å². The van der Waals surface area contributed by atoms with Crippen LogP contribution in [0.15, 0.2) is 12.2 Å². The van der Waals surface area contributed by atoms with Gasteiger partial charge in [-0.15, -0.1) is 11.6 Å². The number of hydrogen-bond donors (Lipinski definition) is 0. The van der Waals surface area contributed by atoms with Crippen molar-refractivity contribution in [1.29, 1.82) is 0 Å². The molecule has 0 spiro atoms. The van der Waals surface area contributed by atoms with Gasteiger partial charge in [-0.2, -0.15) is 0 Å². The fraction of sp³-hybridized carbons (Fsp3) is 0.571. The third-order valence-corrected chi connectivity index (χ3v) is 1.02. The van der Waals surface area contributed by atoms with Gasteiger partial charge < -0.3 is 4.74 Å². The molecule has 0 aromatic carbocycles. The van der Waals surface area contributed by atoms with Crippen molar-refractivity contribution in [2.45, 2.75) is 13.3 Å². The second-order valence-corrected chi connectivity index (χ2v) is 1.94. The van der Waals surface area contributed by atoms with Gasteiger partial charge in [0.15, 0.2) is 0 Å². The van der Waals surface area contributed by atoms with E-state index in [-0.39, 0.29) is 5.97 Å². The van der Waals surface area contributed by atoms with E-state index in [0.717, 1.165) is 0 Å². The fourth-order valence-electron chi connectivity index (χ4n) is 0.462. The first-order valence-corrected chi connectivity index (χ1v) is 3.71. The summed E-state index contributed by atoms with van der Waals surface area (Å²) in [6.07, 6.45) is 3.74. The molecule has 10 heavy (non-hydrogen) atoms. The zero-order valence-electron chi connectivity index (χ0n) is 5.97. The molecule has 0 saturated carbocycles. The van der Waals surface area contributed by atoms with Crippen LogP contribution in [0.5, 0.6) is 0 Å². The highest BCUT2D eigenvalue weighted by Gasteiger charge is 1.94. The Kier molecular flexibility index (Phi) is 6.29. The van der Waals surface area contributed by atoms with Crippen LogP contribution in [0.3, 0.4) is 0 Å². The van der Waals surface area contributed by atoms with Gasteiger partial charge in [0.05, 0.1) is 13.0 Å². The highest BCUT2D eigenvalue weighted by molar-refractivity contribution is 6.18. The molecule has 2 nitrogen and oxygen atoms in total. The van der Waals surface area contributed by atoms with Gasteiger partial charge in [0.2, 0.25) is 0 Å². The number of carbonyl (C=O) groups is 1. The van der Waals surface area contributed by atoms with Crippen LogP contribution in [0.4, 0.5) is 0 Å². The highest BCUT2D eigenvalue weighted by atomic mass is 35.5. The van der Waals surface area contributed by atoms with Crippen LogP contribution in [0.1, 0.15) is 13.3 Å². The van der Waals surface area contributed by atoms with Crippen LogP contribution in [-0.2, 0) is 9.53 Å². The summed E-state index contributed by atoms with van der Waals surface area (Å²) in [5.74, 6) is 0.239. The van der Waals surface area contributed by atoms with E-state index in [1.165, 1.54) is 0 Å². The summed E-state index contributed by atoms with van der Waals surface area (Å²) in [7, 11) is 0. The standard InChI is InChI=1S/C7H11ClO2/c1-2-10-7(9)5-3-4-6-8/h3-4H,2,5-6H2,1H3. The molecular weight excluding hydrogens is 152 g/mol. The van der Waals surface area contributed by atoms with Crippen molar-refractivity contribution >= 4 is 17.6 Å². The maximum Gasteiger partial charge on any atom is 0.309 e. The molecular formula is C7H11ClO2.